The molecule has 33 heavy (non-hydrogen) atoms. The molecule has 3 rings (SSSR count). The predicted octanol–water partition coefficient (Wildman–Crippen LogP) is 0.659. The van der Waals surface area contributed by atoms with Crippen molar-refractivity contribution >= 4 is 27.5 Å². The number of ether oxygens (including phenoxy) is 1. The van der Waals surface area contributed by atoms with Crippen LogP contribution in [-0.4, -0.2) is 101 Å². The summed E-state index contributed by atoms with van der Waals surface area (Å²) in [6, 6.07) is 0.141. The van der Waals surface area contributed by atoms with Crippen molar-refractivity contribution in [1.82, 2.24) is 25.4 Å². The van der Waals surface area contributed by atoms with E-state index in [2.05, 4.69) is 20.5 Å². The maximum absolute atomic E-state index is 14.8. The number of nitrogens with one attached hydrogen (secondary N) is 3. The second-order valence-electron chi connectivity index (χ2n) is 10.0. The fourth-order valence-corrected chi connectivity index (χ4v) is 6.85. The average Bonchev–Trinajstić information content (AvgIpc) is 3.20. The summed E-state index contributed by atoms with van der Waals surface area (Å²) in [6.07, 6.45) is 1.60. The van der Waals surface area contributed by atoms with Gasteiger partial charge in [-0.25, -0.2) is 12.8 Å². The van der Waals surface area contributed by atoms with Crippen molar-refractivity contribution in [2.45, 2.75) is 67.5 Å². The van der Waals surface area contributed by atoms with E-state index in [0.717, 1.165) is 32.6 Å². The van der Waals surface area contributed by atoms with Crippen molar-refractivity contribution < 1.29 is 22.3 Å². The lowest BCUT2D eigenvalue weighted by atomic mass is 9.76. The lowest BCUT2D eigenvalue weighted by Gasteiger charge is -2.37. The third kappa shape index (κ3) is 7.46. The molecule has 9 nitrogen and oxygen atoms in total. The summed E-state index contributed by atoms with van der Waals surface area (Å²) in [5.41, 5.74) is 2.28. The van der Waals surface area contributed by atoms with Crippen LogP contribution >= 0.6 is 11.6 Å². The Hall–Kier alpha value is -0.560. The molecule has 0 aromatic carbocycles. The molecule has 1 aliphatic heterocycles. The number of carbonyl (C=O) groups is 1. The van der Waals surface area contributed by atoms with Crippen LogP contribution in [0.3, 0.4) is 0 Å². The summed E-state index contributed by atoms with van der Waals surface area (Å²) < 4.78 is 46.3. The zero-order chi connectivity index (χ0) is 24.2. The number of sulfonamides is 1. The number of nitrogens with zero attached hydrogens (tertiary/aromatic N) is 2. The minimum absolute atomic E-state index is 0.0511. The number of hydrazine groups is 1. The number of halogens is 2. The van der Waals surface area contributed by atoms with Crippen molar-refractivity contribution in [3.63, 3.8) is 0 Å². The molecule has 12 heteroatoms. The molecule has 192 valence electrons. The summed E-state index contributed by atoms with van der Waals surface area (Å²) in [6.45, 7) is 2.86. The van der Waals surface area contributed by atoms with Crippen molar-refractivity contribution in [2.24, 2.45) is 11.8 Å². The number of amides is 1. The van der Waals surface area contributed by atoms with Gasteiger partial charge in [0.25, 0.3) is 0 Å². The molecule has 1 heterocycles. The quantitative estimate of drug-likeness (QED) is 0.308. The number of hydrogen-bond donors (Lipinski definition) is 3. The van der Waals surface area contributed by atoms with E-state index in [9.17, 15) is 17.6 Å². The van der Waals surface area contributed by atoms with E-state index in [1.54, 1.807) is 0 Å². The van der Waals surface area contributed by atoms with Gasteiger partial charge in [0.2, 0.25) is 15.9 Å². The van der Waals surface area contributed by atoms with Gasteiger partial charge in [-0.1, -0.05) is 0 Å². The van der Waals surface area contributed by atoms with Crippen LogP contribution in [0.5, 0.6) is 0 Å². The van der Waals surface area contributed by atoms with Crippen molar-refractivity contribution in [3.05, 3.63) is 0 Å². The molecule has 0 aromatic rings. The minimum Gasteiger partial charge on any atom is -0.377 e. The molecule has 2 aliphatic carbocycles. The predicted molar refractivity (Wildman–Crippen MR) is 126 cm³/mol. The summed E-state index contributed by atoms with van der Waals surface area (Å²) in [5, 5.41) is 1.95. The first kappa shape index (κ1) is 27.0. The van der Waals surface area contributed by atoms with Gasteiger partial charge in [-0.15, -0.1) is 16.4 Å². The Balaban J connectivity index is 1.52. The van der Waals surface area contributed by atoms with Crippen molar-refractivity contribution in [1.29, 1.82) is 0 Å². The zero-order valence-electron chi connectivity index (χ0n) is 19.8. The van der Waals surface area contributed by atoms with Gasteiger partial charge in [0.05, 0.1) is 29.3 Å². The molecule has 7 atom stereocenters. The number of carbonyl (C=O) groups excluding carboxylic acids is 1. The van der Waals surface area contributed by atoms with Crippen LogP contribution in [0.2, 0.25) is 0 Å². The number of alkyl halides is 2. The van der Waals surface area contributed by atoms with Crippen LogP contribution in [0, 0.1) is 11.8 Å². The highest BCUT2D eigenvalue weighted by molar-refractivity contribution is 7.90. The molecule has 3 N–H and O–H groups in total. The normalized spacial score (nSPS) is 36.2. The number of likely N-dealkylation sites (N-methyl/N-ethyl adjacent to an activating group) is 2. The van der Waals surface area contributed by atoms with E-state index in [-0.39, 0.29) is 18.1 Å². The Morgan fingerprint density at radius 3 is 2.70 bits per heavy atom. The molecule has 1 amide bonds. The molecule has 0 aromatic heterocycles. The Labute approximate surface area is 202 Å². The Bertz CT molecular complexity index is 761. The van der Waals surface area contributed by atoms with E-state index >= 15 is 0 Å². The summed E-state index contributed by atoms with van der Waals surface area (Å²) >= 11 is 6.25. The lowest BCUT2D eigenvalue weighted by Crippen LogP contribution is -2.53. The Kier molecular flexibility index (Phi) is 9.76. The molecular weight excluding hydrogens is 473 g/mol. The standard InChI is InChI=1S/C21H39ClFN5O4S/c1-27(2)7-8-32-15-5-4-6-16(11-15)33(30,31)26-25-21(29)17-9-14(10-18(22)20(17)23)19-12-28(3)13-24-19/h14-20,24,26H,4-13H2,1-3H3,(H,25,29). The van der Waals surface area contributed by atoms with Gasteiger partial charge in [0.15, 0.2) is 0 Å². The largest absolute Gasteiger partial charge is 0.377 e. The van der Waals surface area contributed by atoms with Crippen molar-refractivity contribution in [3.8, 4) is 0 Å². The molecule has 1 saturated heterocycles. The van der Waals surface area contributed by atoms with Crippen LogP contribution in [0.25, 0.3) is 0 Å². The van der Waals surface area contributed by atoms with Gasteiger partial charge in [0.1, 0.15) is 6.17 Å². The first-order chi connectivity index (χ1) is 15.6. The van der Waals surface area contributed by atoms with Crippen LogP contribution < -0.4 is 15.6 Å². The van der Waals surface area contributed by atoms with E-state index in [1.165, 1.54) is 0 Å². The summed E-state index contributed by atoms with van der Waals surface area (Å²) in [4.78, 5) is 19.1. The molecule has 0 spiro atoms. The lowest BCUT2D eigenvalue weighted by molar-refractivity contribution is -0.129. The highest BCUT2D eigenvalue weighted by Gasteiger charge is 2.44. The van der Waals surface area contributed by atoms with Gasteiger partial charge in [0, 0.05) is 25.8 Å². The molecule has 0 bridgehead atoms. The molecule has 3 aliphatic rings. The summed E-state index contributed by atoms with van der Waals surface area (Å²) in [5.74, 6) is -1.60. The second-order valence-corrected chi connectivity index (χ2v) is 12.5. The van der Waals surface area contributed by atoms with Crippen LogP contribution in [0.4, 0.5) is 4.39 Å². The fraction of sp³-hybridized carbons (Fsp3) is 0.952. The Morgan fingerprint density at radius 2 is 2.03 bits per heavy atom. The topological polar surface area (TPSA) is 103 Å². The van der Waals surface area contributed by atoms with E-state index in [1.807, 2.05) is 26.0 Å². The molecule has 0 radical (unpaired) electrons. The monoisotopic (exact) mass is 511 g/mol. The average molecular weight is 512 g/mol. The number of rotatable bonds is 9. The third-order valence-electron chi connectivity index (χ3n) is 7.08. The van der Waals surface area contributed by atoms with E-state index in [0.29, 0.717) is 32.3 Å². The second kappa shape index (κ2) is 11.9. The maximum Gasteiger partial charge on any atom is 0.241 e. The minimum atomic E-state index is -3.81. The fourth-order valence-electron chi connectivity index (χ4n) is 5.09. The zero-order valence-corrected chi connectivity index (χ0v) is 21.4. The maximum atomic E-state index is 14.8. The van der Waals surface area contributed by atoms with E-state index in [4.69, 9.17) is 16.3 Å². The summed E-state index contributed by atoms with van der Waals surface area (Å²) in [7, 11) is 2.10. The smallest absolute Gasteiger partial charge is 0.241 e. The van der Waals surface area contributed by atoms with Gasteiger partial charge in [-0.05, 0) is 65.6 Å². The van der Waals surface area contributed by atoms with Crippen LogP contribution in [-0.2, 0) is 19.6 Å². The molecule has 7 unspecified atom stereocenters. The van der Waals surface area contributed by atoms with Gasteiger partial charge < -0.3 is 9.64 Å². The van der Waals surface area contributed by atoms with Crippen molar-refractivity contribution in [2.75, 3.05) is 47.5 Å². The van der Waals surface area contributed by atoms with E-state index < -0.39 is 38.6 Å². The van der Waals surface area contributed by atoms with Crippen LogP contribution in [0.15, 0.2) is 0 Å². The SMILES string of the molecule is CN(C)CCOC1CCCC(S(=O)(=O)NNC(=O)C2CC(C3CN(C)CN3)CC(Cl)C2F)C1. The number of hydrogen-bond acceptors (Lipinski definition) is 7. The highest BCUT2D eigenvalue weighted by Crippen LogP contribution is 2.37. The van der Waals surface area contributed by atoms with Gasteiger partial charge in [-0.3, -0.25) is 20.4 Å². The van der Waals surface area contributed by atoms with Gasteiger partial charge >= 0.3 is 0 Å². The third-order valence-corrected chi connectivity index (χ3v) is 9.19. The Morgan fingerprint density at radius 1 is 1.27 bits per heavy atom. The van der Waals surface area contributed by atoms with Crippen LogP contribution in [0.1, 0.15) is 38.5 Å². The first-order valence-electron chi connectivity index (χ1n) is 11.8. The molecule has 3 fully saturated rings. The first-order valence-corrected chi connectivity index (χ1v) is 13.8. The molecule has 2 saturated carbocycles. The highest BCUT2D eigenvalue weighted by atomic mass is 35.5. The van der Waals surface area contributed by atoms with Gasteiger partial charge in [-0.2, -0.15) is 0 Å². The molecular formula is C21H39ClFN5O4S.